The summed E-state index contributed by atoms with van der Waals surface area (Å²) < 4.78 is 0. The van der Waals surface area contributed by atoms with Crippen LogP contribution < -0.4 is 10.9 Å². The van der Waals surface area contributed by atoms with Gasteiger partial charge in [0.05, 0.1) is 11.3 Å². The van der Waals surface area contributed by atoms with Crippen LogP contribution >= 0.6 is 11.3 Å². The maximum atomic E-state index is 12.4. The number of aromatic amines is 1. The molecular formula is C21H23N3O2S. The summed E-state index contributed by atoms with van der Waals surface area (Å²) in [6.45, 7) is 0. The lowest BCUT2D eigenvalue weighted by Crippen LogP contribution is -2.42. The first-order valence-electron chi connectivity index (χ1n) is 9.46. The maximum absolute atomic E-state index is 12.4. The molecule has 0 atom stereocenters. The Bertz CT molecular complexity index is 947. The predicted molar refractivity (Wildman–Crippen MR) is 108 cm³/mol. The van der Waals surface area contributed by atoms with E-state index in [4.69, 9.17) is 0 Å². The first-order valence-corrected chi connectivity index (χ1v) is 10.3. The highest BCUT2D eigenvalue weighted by Crippen LogP contribution is 2.28. The van der Waals surface area contributed by atoms with Gasteiger partial charge in [0.2, 0.25) is 5.91 Å². The molecule has 0 spiro atoms. The van der Waals surface area contributed by atoms with E-state index in [1.165, 1.54) is 36.1 Å². The highest BCUT2D eigenvalue weighted by atomic mass is 32.1. The van der Waals surface area contributed by atoms with Gasteiger partial charge in [0, 0.05) is 22.0 Å². The molecular weight excluding hydrogens is 358 g/mol. The molecule has 2 aromatic heterocycles. The van der Waals surface area contributed by atoms with E-state index in [0.29, 0.717) is 4.88 Å². The van der Waals surface area contributed by atoms with Gasteiger partial charge in [-0.1, -0.05) is 31.0 Å². The van der Waals surface area contributed by atoms with Crippen LogP contribution in [0.15, 0.2) is 36.5 Å². The summed E-state index contributed by atoms with van der Waals surface area (Å²) in [5.41, 5.74) is 8.32. The van der Waals surface area contributed by atoms with Crippen LogP contribution in [0.5, 0.6) is 0 Å². The zero-order chi connectivity index (χ0) is 18.6. The molecule has 1 aromatic carbocycles. The minimum Gasteiger partial charge on any atom is -0.361 e. The minimum atomic E-state index is -0.237. The number of fused-ring (bicyclic) bond motifs is 2. The van der Waals surface area contributed by atoms with Gasteiger partial charge in [-0.3, -0.25) is 20.4 Å². The van der Waals surface area contributed by atoms with Gasteiger partial charge < -0.3 is 4.98 Å². The molecule has 2 heterocycles. The Morgan fingerprint density at radius 2 is 1.85 bits per heavy atom. The molecule has 1 aliphatic rings. The van der Waals surface area contributed by atoms with Crippen LogP contribution in [0.3, 0.4) is 0 Å². The molecule has 1 aliphatic carbocycles. The van der Waals surface area contributed by atoms with Gasteiger partial charge in [0.25, 0.3) is 5.91 Å². The van der Waals surface area contributed by atoms with Gasteiger partial charge in [-0.25, -0.2) is 0 Å². The van der Waals surface area contributed by atoms with Crippen LogP contribution in [0.25, 0.3) is 10.9 Å². The van der Waals surface area contributed by atoms with E-state index in [1.807, 2.05) is 36.5 Å². The van der Waals surface area contributed by atoms with Gasteiger partial charge in [0.15, 0.2) is 0 Å². The molecule has 2 amide bonds. The van der Waals surface area contributed by atoms with Crippen molar-refractivity contribution in [1.29, 1.82) is 0 Å². The number of thiophene rings is 1. The molecule has 140 valence electrons. The second kappa shape index (κ2) is 7.96. The number of para-hydroxylation sites is 1. The van der Waals surface area contributed by atoms with Crippen LogP contribution in [0.2, 0.25) is 0 Å². The van der Waals surface area contributed by atoms with Crippen LogP contribution in [0, 0.1) is 0 Å². The Morgan fingerprint density at radius 1 is 1.04 bits per heavy atom. The van der Waals surface area contributed by atoms with E-state index in [-0.39, 0.29) is 18.2 Å². The summed E-state index contributed by atoms with van der Waals surface area (Å²) in [6, 6.07) is 9.85. The highest BCUT2D eigenvalue weighted by Gasteiger charge is 2.16. The van der Waals surface area contributed by atoms with Crippen molar-refractivity contribution in [2.75, 3.05) is 0 Å². The fraction of sp³-hybridized carbons (Fsp3) is 0.333. The smallest absolute Gasteiger partial charge is 0.279 e. The Morgan fingerprint density at radius 3 is 2.74 bits per heavy atom. The van der Waals surface area contributed by atoms with Crippen LogP contribution in [-0.2, 0) is 24.1 Å². The molecule has 0 saturated carbocycles. The van der Waals surface area contributed by atoms with E-state index in [9.17, 15) is 9.59 Å². The van der Waals surface area contributed by atoms with Gasteiger partial charge in [-0.2, -0.15) is 0 Å². The lowest BCUT2D eigenvalue weighted by atomic mass is 10.00. The second-order valence-corrected chi connectivity index (χ2v) is 8.15. The number of benzene rings is 1. The number of hydrogen-bond donors (Lipinski definition) is 3. The quantitative estimate of drug-likeness (QED) is 0.602. The van der Waals surface area contributed by atoms with Crippen molar-refractivity contribution < 1.29 is 9.59 Å². The standard InChI is InChI=1S/C21H23N3O2S/c25-20(12-15-13-22-17-9-6-5-8-16(15)17)23-24-21(26)19-11-14-7-3-1-2-4-10-18(14)27-19/h5-6,8-9,11,13,22H,1-4,7,10,12H2,(H,23,25)(H,24,26). The van der Waals surface area contributed by atoms with Crippen LogP contribution in [0.1, 0.15) is 51.4 Å². The SMILES string of the molecule is O=C(Cc1c[nH]c2ccccc12)NNC(=O)c1cc2c(s1)CCCCCC2. The minimum absolute atomic E-state index is 0.214. The molecule has 0 bridgehead atoms. The lowest BCUT2D eigenvalue weighted by molar-refractivity contribution is -0.121. The number of amides is 2. The molecule has 3 N–H and O–H groups in total. The molecule has 0 fully saturated rings. The molecule has 6 heteroatoms. The van der Waals surface area contributed by atoms with Crippen molar-refractivity contribution >= 4 is 34.1 Å². The third-order valence-corrected chi connectivity index (χ3v) is 6.30. The Balaban J connectivity index is 1.36. The fourth-order valence-corrected chi connectivity index (χ4v) is 4.79. The maximum Gasteiger partial charge on any atom is 0.279 e. The molecule has 0 aliphatic heterocycles. The van der Waals surface area contributed by atoms with E-state index in [2.05, 4.69) is 15.8 Å². The van der Waals surface area contributed by atoms with Gasteiger partial charge in [-0.05, 0) is 48.9 Å². The summed E-state index contributed by atoms with van der Waals surface area (Å²) >= 11 is 1.56. The average Bonchev–Trinajstić information content (AvgIpc) is 3.24. The highest BCUT2D eigenvalue weighted by molar-refractivity contribution is 7.14. The van der Waals surface area contributed by atoms with Crippen molar-refractivity contribution in [3.05, 3.63) is 57.4 Å². The van der Waals surface area contributed by atoms with Crippen molar-refractivity contribution in [2.45, 2.75) is 44.9 Å². The zero-order valence-corrected chi connectivity index (χ0v) is 16.0. The van der Waals surface area contributed by atoms with Crippen LogP contribution in [0.4, 0.5) is 0 Å². The molecule has 0 saturated heterocycles. The number of carbonyl (C=O) groups is 2. The summed E-state index contributed by atoms with van der Waals surface area (Å²) in [7, 11) is 0. The molecule has 27 heavy (non-hydrogen) atoms. The average molecular weight is 382 g/mol. The van der Waals surface area contributed by atoms with E-state index >= 15 is 0 Å². The normalized spacial score (nSPS) is 14.2. The molecule has 3 aromatic rings. The number of hydrogen-bond acceptors (Lipinski definition) is 3. The van der Waals surface area contributed by atoms with Crippen molar-refractivity contribution in [3.8, 4) is 0 Å². The summed E-state index contributed by atoms with van der Waals surface area (Å²) in [4.78, 5) is 29.8. The molecule has 0 unspecified atom stereocenters. The third kappa shape index (κ3) is 4.06. The van der Waals surface area contributed by atoms with Crippen molar-refractivity contribution in [2.24, 2.45) is 0 Å². The van der Waals surface area contributed by atoms with E-state index in [0.717, 1.165) is 29.3 Å². The number of rotatable bonds is 3. The molecule has 5 nitrogen and oxygen atoms in total. The largest absolute Gasteiger partial charge is 0.361 e. The molecule has 0 radical (unpaired) electrons. The third-order valence-electron chi connectivity index (χ3n) is 5.06. The van der Waals surface area contributed by atoms with Gasteiger partial charge >= 0.3 is 0 Å². The summed E-state index contributed by atoms with van der Waals surface area (Å²) in [6.07, 6.45) is 9.06. The van der Waals surface area contributed by atoms with Crippen molar-refractivity contribution in [3.63, 3.8) is 0 Å². The number of aryl methyl sites for hydroxylation is 2. The topological polar surface area (TPSA) is 74.0 Å². The van der Waals surface area contributed by atoms with Crippen LogP contribution in [-0.4, -0.2) is 16.8 Å². The monoisotopic (exact) mass is 381 g/mol. The Hall–Kier alpha value is -2.60. The first-order chi connectivity index (χ1) is 13.2. The number of H-pyrrole nitrogens is 1. The van der Waals surface area contributed by atoms with E-state index in [1.54, 1.807) is 11.3 Å². The molecule has 4 rings (SSSR count). The van der Waals surface area contributed by atoms with Gasteiger partial charge in [-0.15, -0.1) is 11.3 Å². The Kier molecular flexibility index (Phi) is 5.25. The second-order valence-electron chi connectivity index (χ2n) is 7.01. The number of hydrazine groups is 1. The summed E-state index contributed by atoms with van der Waals surface area (Å²) in [5, 5.41) is 1.03. The predicted octanol–water partition coefficient (Wildman–Crippen LogP) is 3.89. The summed E-state index contributed by atoms with van der Waals surface area (Å²) in [5.74, 6) is -0.470. The number of nitrogens with one attached hydrogen (secondary N) is 3. The fourth-order valence-electron chi connectivity index (χ4n) is 3.64. The lowest BCUT2D eigenvalue weighted by Gasteiger charge is -2.07. The van der Waals surface area contributed by atoms with Crippen molar-refractivity contribution in [1.82, 2.24) is 15.8 Å². The van der Waals surface area contributed by atoms with Gasteiger partial charge in [0.1, 0.15) is 0 Å². The number of aromatic nitrogens is 1. The zero-order valence-electron chi connectivity index (χ0n) is 15.1. The number of carbonyl (C=O) groups excluding carboxylic acids is 2. The first kappa shape index (κ1) is 17.8. The van der Waals surface area contributed by atoms with E-state index < -0.39 is 0 Å². The Labute approximate surface area is 162 Å².